The topological polar surface area (TPSA) is 16.4 Å². The van der Waals surface area contributed by atoms with Gasteiger partial charge in [-0.05, 0) is 104 Å². The predicted octanol–water partition coefficient (Wildman–Crippen LogP) is 14.9. The molecule has 54 heavy (non-hydrogen) atoms. The smallest absolute Gasteiger partial charge is 0.136 e. The van der Waals surface area contributed by atoms with E-state index in [0.29, 0.717) is 0 Å². The van der Waals surface area contributed by atoms with Crippen molar-refractivity contribution in [3.8, 4) is 44.5 Å². The first-order valence-electron chi connectivity index (χ1n) is 18.4. The minimum absolute atomic E-state index is 0.899. The van der Waals surface area contributed by atoms with Crippen LogP contribution < -0.4 is 4.90 Å². The molecule has 9 aromatic carbocycles. The second kappa shape index (κ2) is 13.4. The lowest BCUT2D eigenvalue weighted by molar-refractivity contribution is 0.669. The predicted molar refractivity (Wildman–Crippen MR) is 228 cm³/mol. The molecule has 0 aliphatic rings. The van der Waals surface area contributed by atoms with E-state index >= 15 is 0 Å². The molecule has 254 valence electrons. The average Bonchev–Trinajstić information content (AvgIpc) is 3.63. The average molecular weight is 690 g/mol. The Bertz CT molecular complexity index is 2910. The van der Waals surface area contributed by atoms with Crippen molar-refractivity contribution in [1.82, 2.24) is 0 Å². The third-order valence-electron chi connectivity index (χ3n) is 10.5. The van der Waals surface area contributed by atoms with E-state index in [1.165, 1.54) is 33.0 Å². The Hall–Kier alpha value is -7.16. The molecule has 0 fully saturated rings. The van der Waals surface area contributed by atoms with Crippen LogP contribution in [0.4, 0.5) is 17.1 Å². The van der Waals surface area contributed by atoms with E-state index in [-0.39, 0.29) is 0 Å². The number of fused-ring (bicyclic) bond motifs is 4. The standard InChI is InChI=1S/C52H35NO/c1-3-11-36(12-4-1)38-21-27-45(28-22-38)53(46-29-23-39(24-30-46)44-26-32-49-48-17-9-10-18-51(48)54-52(49)35-44)50-34-43(25-31-47(50)40-14-5-2-6-15-40)42-20-19-37-13-7-8-16-41(37)33-42/h1-35H. The number of hydrogen-bond acceptors (Lipinski definition) is 2. The highest BCUT2D eigenvalue weighted by atomic mass is 16.3. The van der Waals surface area contributed by atoms with Crippen LogP contribution >= 0.6 is 0 Å². The number of anilines is 3. The second-order valence-electron chi connectivity index (χ2n) is 13.8. The van der Waals surface area contributed by atoms with E-state index in [2.05, 4.69) is 205 Å². The van der Waals surface area contributed by atoms with Crippen LogP contribution in [0.3, 0.4) is 0 Å². The van der Waals surface area contributed by atoms with Crippen LogP contribution in [0.15, 0.2) is 217 Å². The Morgan fingerprint density at radius 2 is 0.796 bits per heavy atom. The second-order valence-corrected chi connectivity index (χ2v) is 13.8. The van der Waals surface area contributed by atoms with E-state index in [0.717, 1.165) is 61.3 Å². The SMILES string of the molecule is c1ccc(-c2ccc(N(c3ccc(-c4ccc5c(c4)oc4ccccc45)cc3)c3cc(-c4ccc5ccccc5c4)ccc3-c3ccccc3)cc2)cc1. The maximum Gasteiger partial charge on any atom is 0.136 e. The molecule has 0 saturated carbocycles. The normalized spacial score (nSPS) is 11.3. The maximum atomic E-state index is 6.25. The summed E-state index contributed by atoms with van der Waals surface area (Å²) < 4.78 is 6.25. The molecule has 0 aliphatic carbocycles. The summed E-state index contributed by atoms with van der Waals surface area (Å²) in [4.78, 5) is 2.40. The first-order chi connectivity index (χ1) is 26.7. The largest absolute Gasteiger partial charge is 0.456 e. The third-order valence-corrected chi connectivity index (χ3v) is 10.5. The zero-order valence-electron chi connectivity index (χ0n) is 29.6. The van der Waals surface area contributed by atoms with Crippen molar-refractivity contribution in [3.05, 3.63) is 212 Å². The minimum atomic E-state index is 0.899. The molecule has 10 rings (SSSR count). The molecule has 1 aromatic heterocycles. The molecule has 0 saturated heterocycles. The van der Waals surface area contributed by atoms with Gasteiger partial charge in [-0.25, -0.2) is 0 Å². The van der Waals surface area contributed by atoms with E-state index in [1.54, 1.807) is 0 Å². The lowest BCUT2D eigenvalue weighted by atomic mass is 9.95. The molecule has 0 spiro atoms. The summed E-state index contributed by atoms with van der Waals surface area (Å²) in [6.07, 6.45) is 0. The third kappa shape index (κ3) is 5.81. The van der Waals surface area contributed by atoms with Crippen LogP contribution in [0, 0.1) is 0 Å². The van der Waals surface area contributed by atoms with Crippen LogP contribution in [0.25, 0.3) is 77.2 Å². The van der Waals surface area contributed by atoms with Crippen molar-refractivity contribution in [2.45, 2.75) is 0 Å². The van der Waals surface area contributed by atoms with Crippen LogP contribution in [0.1, 0.15) is 0 Å². The Kier molecular flexibility index (Phi) is 7.85. The van der Waals surface area contributed by atoms with Gasteiger partial charge in [0, 0.05) is 27.7 Å². The van der Waals surface area contributed by atoms with Crippen molar-refractivity contribution < 1.29 is 4.42 Å². The lowest BCUT2D eigenvalue weighted by Crippen LogP contribution is -2.11. The first kappa shape index (κ1) is 31.6. The zero-order valence-corrected chi connectivity index (χ0v) is 29.6. The van der Waals surface area contributed by atoms with E-state index < -0.39 is 0 Å². The number of hydrogen-bond donors (Lipinski definition) is 0. The van der Waals surface area contributed by atoms with Gasteiger partial charge in [-0.3, -0.25) is 0 Å². The van der Waals surface area contributed by atoms with Gasteiger partial charge in [0.1, 0.15) is 11.2 Å². The highest BCUT2D eigenvalue weighted by Gasteiger charge is 2.19. The Morgan fingerprint density at radius 3 is 1.54 bits per heavy atom. The highest BCUT2D eigenvalue weighted by molar-refractivity contribution is 6.06. The van der Waals surface area contributed by atoms with Gasteiger partial charge < -0.3 is 9.32 Å². The number of rotatable bonds is 7. The molecule has 1 heterocycles. The Morgan fingerprint density at radius 1 is 0.296 bits per heavy atom. The molecule has 0 unspecified atom stereocenters. The molecule has 2 nitrogen and oxygen atoms in total. The van der Waals surface area contributed by atoms with E-state index in [1.807, 2.05) is 12.1 Å². The molecule has 0 atom stereocenters. The summed E-state index contributed by atoms with van der Waals surface area (Å²) in [6.45, 7) is 0. The van der Waals surface area contributed by atoms with Gasteiger partial charge in [-0.15, -0.1) is 0 Å². The Labute approximate surface area is 314 Å². The summed E-state index contributed by atoms with van der Waals surface area (Å²) in [5.74, 6) is 0. The summed E-state index contributed by atoms with van der Waals surface area (Å²) in [7, 11) is 0. The molecule has 0 amide bonds. The van der Waals surface area contributed by atoms with Gasteiger partial charge in [0.25, 0.3) is 0 Å². The van der Waals surface area contributed by atoms with Gasteiger partial charge >= 0.3 is 0 Å². The van der Waals surface area contributed by atoms with Gasteiger partial charge in [-0.2, -0.15) is 0 Å². The van der Waals surface area contributed by atoms with E-state index in [4.69, 9.17) is 4.42 Å². The van der Waals surface area contributed by atoms with Crippen molar-refractivity contribution >= 4 is 49.8 Å². The fraction of sp³-hybridized carbons (Fsp3) is 0. The summed E-state index contributed by atoms with van der Waals surface area (Å²) >= 11 is 0. The molecular weight excluding hydrogens is 655 g/mol. The van der Waals surface area contributed by atoms with Gasteiger partial charge in [-0.1, -0.05) is 158 Å². The van der Waals surface area contributed by atoms with E-state index in [9.17, 15) is 0 Å². The monoisotopic (exact) mass is 689 g/mol. The lowest BCUT2D eigenvalue weighted by Gasteiger charge is -2.29. The van der Waals surface area contributed by atoms with Crippen LogP contribution in [0.2, 0.25) is 0 Å². The fourth-order valence-electron chi connectivity index (χ4n) is 7.70. The number of furan rings is 1. The van der Waals surface area contributed by atoms with Gasteiger partial charge in [0.15, 0.2) is 0 Å². The molecule has 0 radical (unpaired) electrons. The maximum absolute atomic E-state index is 6.25. The summed E-state index contributed by atoms with van der Waals surface area (Å²) in [5.41, 5.74) is 14.4. The van der Waals surface area contributed by atoms with Crippen LogP contribution in [0.5, 0.6) is 0 Å². The summed E-state index contributed by atoms with van der Waals surface area (Å²) in [5, 5.41) is 4.75. The van der Waals surface area contributed by atoms with Gasteiger partial charge in [0.2, 0.25) is 0 Å². The Balaban J connectivity index is 1.13. The van der Waals surface area contributed by atoms with Crippen molar-refractivity contribution in [2.24, 2.45) is 0 Å². The number of nitrogens with zero attached hydrogens (tertiary/aromatic N) is 1. The van der Waals surface area contributed by atoms with Crippen molar-refractivity contribution in [2.75, 3.05) is 4.90 Å². The molecule has 10 aromatic rings. The molecule has 0 aliphatic heterocycles. The van der Waals surface area contributed by atoms with Crippen LogP contribution in [-0.2, 0) is 0 Å². The van der Waals surface area contributed by atoms with Crippen molar-refractivity contribution in [1.29, 1.82) is 0 Å². The first-order valence-corrected chi connectivity index (χ1v) is 18.4. The molecular formula is C52H35NO. The fourth-order valence-corrected chi connectivity index (χ4v) is 7.70. The molecule has 0 N–H and O–H groups in total. The zero-order chi connectivity index (χ0) is 35.8. The summed E-state index contributed by atoms with van der Waals surface area (Å²) in [6, 6.07) is 76.1. The molecule has 0 bridgehead atoms. The highest BCUT2D eigenvalue weighted by Crippen LogP contribution is 2.44. The quantitative estimate of drug-likeness (QED) is 0.166. The number of para-hydroxylation sites is 1. The van der Waals surface area contributed by atoms with Crippen molar-refractivity contribution in [3.63, 3.8) is 0 Å². The molecule has 2 heteroatoms. The number of benzene rings is 9. The van der Waals surface area contributed by atoms with Gasteiger partial charge in [0.05, 0.1) is 5.69 Å². The van der Waals surface area contributed by atoms with Crippen LogP contribution in [-0.4, -0.2) is 0 Å². The minimum Gasteiger partial charge on any atom is -0.456 e.